The van der Waals surface area contributed by atoms with Crippen LogP contribution >= 0.6 is 27.7 Å². The van der Waals surface area contributed by atoms with Crippen molar-refractivity contribution in [2.24, 2.45) is 0 Å². The van der Waals surface area contributed by atoms with E-state index in [4.69, 9.17) is 0 Å². The molecule has 5 nitrogen and oxygen atoms in total. The molecule has 2 N–H and O–H groups in total. The molecular formula is C22H26BrN3O2S. The maximum Gasteiger partial charge on any atom is 0.253 e. The topological polar surface area (TPSA) is 61.4 Å². The van der Waals surface area contributed by atoms with Crippen molar-refractivity contribution in [3.8, 4) is 0 Å². The van der Waals surface area contributed by atoms with Crippen molar-refractivity contribution >= 4 is 50.9 Å². The van der Waals surface area contributed by atoms with Gasteiger partial charge in [0.2, 0.25) is 5.91 Å². The highest BCUT2D eigenvalue weighted by atomic mass is 79.9. The minimum Gasteiger partial charge on any atom is -0.371 e. The first-order chi connectivity index (χ1) is 14.0. The van der Waals surface area contributed by atoms with Gasteiger partial charge in [-0.05, 0) is 77.5 Å². The molecule has 1 aliphatic heterocycles. The Balaban J connectivity index is 1.72. The lowest BCUT2D eigenvalue weighted by molar-refractivity contribution is -0.118. The zero-order valence-corrected chi connectivity index (χ0v) is 19.1. The average Bonchev–Trinajstić information content (AvgIpc) is 3.13. The third-order valence-corrected chi connectivity index (χ3v) is 6.41. The van der Waals surface area contributed by atoms with Crippen molar-refractivity contribution in [1.29, 1.82) is 0 Å². The Labute approximate surface area is 184 Å². The Morgan fingerprint density at radius 1 is 1.24 bits per heavy atom. The van der Waals surface area contributed by atoms with Gasteiger partial charge in [-0.25, -0.2) is 0 Å². The normalized spacial score (nSPS) is 13.7. The summed E-state index contributed by atoms with van der Waals surface area (Å²) >= 11 is 5.05. The summed E-state index contributed by atoms with van der Waals surface area (Å²) in [6.07, 6.45) is 3.59. The predicted octanol–water partition coefficient (Wildman–Crippen LogP) is 4.32. The fourth-order valence-electron chi connectivity index (χ4n) is 3.47. The summed E-state index contributed by atoms with van der Waals surface area (Å²) in [5.74, 6) is 0.326. The molecular weight excluding hydrogens is 450 g/mol. The van der Waals surface area contributed by atoms with Crippen LogP contribution in [0.1, 0.15) is 29.3 Å². The number of thioether (sulfide) groups is 1. The second-order valence-corrected chi connectivity index (χ2v) is 8.79. The van der Waals surface area contributed by atoms with Gasteiger partial charge in [-0.2, -0.15) is 11.8 Å². The molecule has 1 unspecified atom stereocenters. The largest absolute Gasteiger partial charge is 0.371 e. The van der Waals surface area contributed by atoms with Crippen molar-refractivity contribution < 1.29 is 9.59 Å². The molecule has 0 fully saturated rings. The van der Waals surface area contributed by atoms with Crippen LogP contribution in [0.2, 0.25) is 0 Å². The van der Waals surface area contributed by atoms with Crippen LogP contribution < -0.4 is 15.5 Å². The molecule has 1 aliphatic rings. The van der Waals surface area contributed by atoms with E-state index in [0.29, 0.717) is 16.5 Å². The third kappa shape index (κ3) is 5.34. The quantitative estimate of drug-likeness (QED) is 0.596. The Kier molecular flexibility index (Phi) is 7.61. The second kappa shape index (κ2) is 10.2. The molecule has 0 aromatic heterocycles. The van der Waals surface area contributed by atoms with E-state index >= 15 is 0 Å². The van der Waals surface area contributed by atoms with E-state index in [1.165, 1.54) is 11.3 Å². The molecule has 0 radical (unpaired) electrons. The maximum atomic E-state index is 13.0. The van der Waals surface area contributed by atoms with Crippen LogP contribution in [0.3, 0.4) is 0 Å². The van der Waals surface area contributed by atoms with Gasteiger partial charge in [-0.3, -0.25) is 9.59 Å². The molecule has 7 heteroatoms. The van der Waals surface area contributed by atoms with Crippen molar-refractivity contribution in [2.75, 3.05) is 35.3 Å². The molecule has 0 saturated carbocycles. The number of nitrogens with zero attached hydrogens (tertiary/aromatic N) is 1. The maximum absolute atomic E-state index is 13.0. The van der Waals surface area contributed by atoms with E-state index in [9.17, 15) is 9.59 Å². The Morgan fingerprint density at radius 2 is 2.03 bits per heavy atom. The van der Waals surface area contributed by atoms with E-state index in [0.717, 1.165) is 31.0 Å². The molecule has 0 bridgehead atoms. The fourth-order valence-corrected chi connectivity index (χ4v) is 4.40. The minimum absolute atomic E-state index is 0.194. The van der Waals surface area contributed by atoms with Gasteiger partial charge < -0.3 is 15.5 Å². The fraction of sp³-hybridized carbons (Fsp3) is 0.364. The number of carbonyl (C=O) groups is 2. The van der Waals surface area contributed by atoms with E-state index < -0.39 is 6.04 Å². The van der Waals surface area contributed by atoms with Gasteiger partial charge in [0.25, 0.3) is 5.91 Å². The molecule has 29 heavy (non-hydrogen) atoms. The lowest BCUT2D eigenvalue weighted by Gasteiger charge is -2.20. The van der Waals surface area contributed by atoms with Crippen molar-refractivity contribution in [3.05, 3.63) is 58.1 Å². The van der Waals surface area contributed by atoms with Crippen LogP contribution in [0.25, 0.3) is 0 Å². The standard InChI is InChI=1S/C22H26BrN3O2S/c1-3-26-12-10-15-8-9-16(14-20(15)26)24-22(28)19(11-13-29-2)25-21(27)17-6-4-5-7-18(17)23/h4-9,14,19H,3,10-13H2,1-2H3,(H,24,28)(H,25,27). The first kappa shape index (κ1) is 21.7. The lowest BCUT2D eigenvalue weighted by atomic mass is 10.1. The number of rotatable bonds is 8. The van der Waals surface area contributed by atoms with E-state index in [-0.39, 0.29) is 11.8 Å². The Bertz CT molecular complexity index is 890. The first-order valence-electron chi connectivity index (χ1n) is 9.76. The van der Waals surface area contributed by atoms with Crippen LogP contribution in [0.5, 0.6) is 0 Å². The zero-order valence-electron chi connectivity index (χ0n) is 16.7. The van der Waals surface area contributed by atoms with E-state index in [1.807, 2.05) is 30.5 Å². The summed E-state index contributed by atoms with van der Waals surface area (Å²) in [7, 11) is 0. The lowest BCUT2D eigenvalue weighted by Crippen LogP contribution is -2.44. The summed E-state index contributed by atoms with van der Waals surface area (Å²) in [4.78, 5) is 28.0. The molecule has 0 spiro atoms. The molecule has 154 valence electrons. The van der Waals surface area contributed by atoms with Crippen molar-refractivity contribution in [1.82, 2.24) is 5.32 Å². The monoisotopic (exact) mass is 475 g/mol. The Hall–Kier alpha value is -1.99. The van der Waals surface area contributed by atoms with Gasteiger partial charge in [0.1, 0.15) is 6.04 Å². The highest BCUT2D eigenvalue weighted by Gasteiger charge is 2.23. The summed E-state index contributed by atoms with van der Waals surface area (Å²) in [6, 6.07) is 12.7. The number of anilines is 2. The highest BCUT2D eigenvalue weighted by Crippen LogP contribution is 2.30. The third-order valence-electron chi connectivity index (χ3n) is 5.08. The van der Waals surface area contributed by atoms with Gasteiger partial charge in [-0.1, -0.05) is 18.2 Å². The van der Waals surface area contributed by atoms with Crippen LogP contribution in [-0.4, -0.2) is 43.0 Å². The Morgan fingerprint density at radius 3 is 2.76 bits per heavy atom. The van der Waals surface area contributed by atoms with E-state index in [1.54, 1.807) is 23.9 Å². The van der Waals surface area contributed by atoms with Gasteiger partial charge in [-0.15, -0.1) is 0 Å². The second-order valence-electron chi connectivity index (χ2n) is 6.95. The number of halogens is 1. The zero-order chi connectivity index (χ0) is 20.8. The smallest absolute Gasteiger partial charge is 0.253 e. The molecule has 1 atom stereocenters. The van der Waals surface area contributed by atoms with Gasteiger partial charge >= 0.3 is 0 Å². The molecule has 1 heterocycles. The molecule has 2 aromatic carbocycles. The number of nitrogens with one attached hydrogen (secondary N) is 2. The molecule has 2 amide bonds. The van der Waals surface area contributed by atoms with Crippen LogP contribution in [0.15, 0.2) is 46.9 Å². The number of carbonyl (C=O) groups excluding carboxylic acids is 2. The summed E-state index contributed by atoms with van der Waals surface area (Å²) in [5.41, 5.74) is 3.78. The van der Waals surface area contributed by atoms with Gasteiger partial charge in [0.15, 0.2) is 0 Å². The summed E-state index contributed by atoms with van der Waals surface area (Å²) in [6.45, 7) is 4.10. The van der Waals surface area contributed by atoms with Crippen LogP contribution in [-0.2, 0) is 11.2 Å². The predicted molar refractivity (Wildman–Crippen MR) is 125 cm³/mol. The van der Waals surface area contributed by atoms with Gasteiger partial charge in [0, 0.05) is 28.9 Å². The van der Waals surface area contributed by atoms with Crippen molar-refractivity contribution in [2.45, 2.75) is 25.8 Å². The minimum atomic E-state index is -0.599. The van der Waals surface area contributed by atoms with Crippen molar-refractivity contribution in [3.63, 3.8) is 0 Å². The molecule has 0 aliphatic carbocycles. The number of likely N-dealkylation sites (N-methyl/N-ethyl adjacent to an activating group) is 1. The molecule has 2 aromatic rings. The van der Waals surface area contributed by atoms with E-state index in [2.05, 4.69) is 44.5 Å². The SMILES string of the molecule is CCN1CCc2ccc(NC(=O)C(CCSC)NC(=O)c3ccccc3Br)cc21. The number of fused-ring (bicyclic) bond motifs is 1. The van der Waals surface area contributed by atoms with Crippen LogP contribution in [0.4, 0.5) is 11.4 Å². The highest BCUT2D eigenvalue weighted by molar-refractivity contribution is 9.10. The first-order valence-corrected chi connectivity index (χ1v) is 11.9. The number of amides is 2. The average molecular weight is 476 g/mol. The summed E-state index contributed by atoms with van der Waals surface area (Å²) in [5, 5.41) is 5.89. The number of benzene rings is 2. The van der Waals surface area contributed by atoms with Crippen LogP contribution in [0, 0.1) is 0 Å². The van der Waals surface area contributed by atoms with Gasteiger partial charge in [0.05, 0.1) is 5.56 Å². The molecule has 0 saturated heterocycles. The molecule has 3 rings (SSSR count). The summed E-state index contributed by atoms with van der Waals surface area (Å²) < 4.78 is 0.708. The number of hydrogen-bond donors (Lipinski definition) is 2. The number of hydrogen-bond acceptors (Lipinski definition) is 4.